The van der Waals surface area contributed by atoms with Crippen molar-refractivity contribution in [1.82, 2.24) is 9.55 Å². The van der Waals surface area contributed by atoms with Gasteiger partial charge in [-0.15, -0.1) is 11.6 Å². The zero-order chi connectivity index (χ0) is 16.0. The number of aromatic nitrogens is 2. The van der Waals surface area contributed by atoms with Crippen LogP contribution in [0.2, 0.25) is 0 Å². The Bertz CT molecular complexity index is 802. The standard InChI is InChI=1S/C13H15ClFIN2O2S/c1-13(2,21(3,19)20)7-18-11-4-8(15)9(16)5-10(11)17-12(18)6-14/h4-5H,6-7H2,1-3H3. The van der Waals surface area contributed by atoms with E-state index in [2.05, 4.69) is 4.98 Å². The maximum atomic E-state index is 13.8. The second-order valence-corrected chi connectivity index (χ2v) is 9.61. The number of halogens is 3. The summed E-state index contributed by atoms with van der Waals surface area (Å²) in [6.45, 7) is 3.44. The number of fused-ring (bicyclic) bond motifs is 1. The highest BCUT2D eigenvalue weighted by Crippen LogP contribution is 2.26. The van der Waals surface area contributed by atoms with Gasteiger partial charge in [0, 0.05) is 18.9 Å². The molecule has 1 heterocycles. The van der Waals surface area contributed by atoms with E-state index in [9.17, 15) is 12.8 Å². The number of nitrogens with zero attached hydrogens (tertiary/aromatic N) is 2. The summed E-state index contributed by atoms with van der Waals surface area (Å²) in [7, 11) is -3.28. The number of imidazole rings is 1. The van der Waals surface area contributed by atoms with Crippen molar-refractivity contribution in [3.63, 3.8) is 0 Å². The molecule has 0 fully saturated rings. The van der Waals surface area contributed by atoms with E-state index in [4.69, 9.17) is 11.6 Å². The molecule has 21 heavy (non-hydrogen) atoms. The fourth-order valence-electron chi connectivity index (χ4n) is 1.95. The van der Waals surface area contributed by atoms with Gasteiger partial charge >= 0.3 is 0 Å². The fourth-order valence-corrected chi connectivity index (χ4v) is 2.96. The Morgan fingerprint density at radius 1 is 1.43 bits per heavy atom. The molecule has 0 aliphatic carbocycles. The lowest BCUT2D eigenvalue weighted by molar-refractivity contribution is 0.502. The third kappa shape index (κ3) is 3.19. The molecule has 1 aromatic carbocycles. The molecule has 0 radical (unpaired) electrons. The second kappa shape index (κ2) is 5.66. The van der Waals surface area contributed by atoms with Crippen LogP contribution >= 0.6 is 34.2 Å². The molecular weight excluding hydrogens is 430 g/mol. The zero-order valence-electron chi connectivity index (χ0n) is 11.8. The van der Waals surface area contributed by atoms with Crippen LogP contribution < -0.4 is 0 Å². The molecule has 0 saturated carbocycles. The normalized spacial score (nSPS) is 13.0. The third-order valence-corrected chi connectivity index (χ3v) is 6.73. The summed E-state index contributed by atoms with van der Waals surface area (Å²) >= 11 is 7.79. The maximum Gasteiger partial charge on any atom is 0.154 e. The van der Waals surface area contributed by atoms with Gasteiger partial charge in [0.15, 0.2) is 9.84 Å². The van der Waals surface area contributed by atoms with Gasteiger partial charge in [0.05, 0.1) is 25.2 Å². The SMILES string of the molecule is CC(C)(Cn1c(CCl)nc2cc(I)c(F)cc21)S(C)(=O)=O. The van der Waals surface area contributed by atoms with E-state index in [1.54, 1.807) is 24.5 Å². The summed E-state index contributed by atoms with van der Waals surface area (Å²) in [5.74, 6) is 0.305. The number of rotatable bonds is 4. The Kier molecular flexibility index (Phi) is 4.57. The summed E-state index contributed by atoms with van der Waals surface area (Å²) in [6, 6.07) is 3.00. The van der Waals surface area contributed by atoms with E-state index in [0.29, 0.717) is 20.4 Å². The van der Waals surface area contributed by atoms with Crippen LogP contribution in [0.1, 0.15) is 19.7 Å². The molecule has 0 aliphatic heterocycles. The van der Waals surface area contributed by atoms with Gasteiger partial charge in [-0.3, -0.25) is 0 Å². The highest BCUT2D eigenvalue weighted by molar-refractivity contribution is 14.1. The quantitative estimate of drug-likeness (QED) is 0.537. The summed E-state index contributed by atoms with van der Waals surface area (Å²) in [4.78, 5) is 4.36. The van der Waals surface area contributed by atoms with Crippen LogP contribution in [0.15, 0.2) is 12.1 Å². The Morgan fingerprint density at radius 2 is 2.05 bits per heavy atom. The number of sulfone groups is 1. The number of benzene rings is 1. The van der Waals surface area contributed by atoms with Crippen LogP contribution in [0.25, 0.3) is 11.0 Å². The highest BCUT2D eigenvalue weighted by atomic mass is 127. The van der Waals surface area contributed by atoms with Crippen LogP contribution in [-0.2, 0) is 22.3 Å². The van der Waals surface area contributed by atoms with Crippen LogP contribution in [0.5, 0.6) is 0 Å². The average Bonchev–Trinajstić information content (AvgIpc) is 2.66. The lowest BCUT2D eigenvalue weighted by atomic mass is 10.2. The molecule has 1 aromatic heterocycles. The van der Waals surface area contributed by atoms with Gasteiger partial charge in [0.1, 0.15) is 11.6 Å². The van der Waals surface area contributed by atoms with E-state index in [1.165, 1.54) is 12.3 Å². The Morgan fingerprint density at radius 3 is 2.57 bits per heavy atom. The predicted molar refractivity (Wildman–Crippen MR) is 90.9 cm³/mol. The average molecular weight is 445 g/mol. The smallest absolute Gasteiger partial charge is 0.154 e. The van der Waals surface area contributed by atoms with Crippen LogP contribution in [0.4, 0.5) is 4.39 Å². The van der Waals surface area contributed by atoms with Crippen molar-refractivity contribution >= 4 is 55.1 Å². The first-order valence-corrected chi connectivity index (χ1v) is 9.67. The molecule has 0 amide bonds. The molecule has 0 spiro atoms. The Hall–Kier alpha value is -0.410. The monoisotopic (exact) mass is 444 g/mol. The molecule has 0 unspecified atom stereocenters. The van der Waals surface area contributed by atoms with Crippen LogP contribution in [-0.4, -0.2) is 29.0 Å². The zero-order valence-corrected chi connectivity index (χ0v) is 15.6. The molecule has 8 heteroatoms. The molecule has 2 aromatic rings. The van der Waals surface area contributed by atoms with E-state index >= 15 is 0 Å². The minimum Gasteiger partial charge on any atom is -0.325 e. The van der Waals surface area contributed by atoms with Gasteiger partial charge in [0.25, 0.3) is 0 Å². The highest BCUT2D eigenvalue weighted by Gasteiger charge is 2.32. The van der Waals surface area contributed by atoms with Crippen LogP contribution in [0.3, 0.4) is 0 Å². The van der Waals surface area contributed by atoms with Crippen molar-refractivity contribution in [3.8, 4) is 0 Å². The first-order valence-electron chi connectivity index (χ1n) is 6.16. The number of hydrogen-bond acceptors (Lipinski definition) is 3. The first-order chi connectivity index (χ1) is 9.56. The van der Waals surface area contributed by atoms with Crippen LogP contribution in [0, 0.1) is 9.39 Å². The van der Waals surface area contributed by atoms with E-state index in [-0.39, 0.29) is 18.2 Å². The molecule has 116 valence electrons. The van der Waals surface area contributed by atoms with E-state index < -0.39 is 14.6 Å². The van der Waals surface area contributed by atoms with Crippen molar-refractivity contribution < 1.29 is 12.8 Å². The molecule has 0 bridgehead atoms. The van der Waals surface area contributed by atoms with Crippen molar-refractivity contribution in [2.45, 2.75) is 31.0 Å². The van der Waals surface area contributed by atoms with E-state index in [0.717, 1.165) is 0 Å². The molecule has 4 nitrogen and oxygen atoms in total. The van der Waals surface area contributed by atoms with Gasteiger partial charge in [-0.2, -0.15) is 0 Å². The van der Waals surface area contributed by atoms with Crippen molar-refractivity contribution in [3.05, 3.63) is 27.3 Å². The molecule has 0 aliphatic rings. The Balaban J connectivity index is 2.65. The molecule has 2 rings (SSSR count). The lowest BCUT2D eigenvalue weighted by Gasteiger charge is -2.24. The molecular formula is C13H15ClFIN2O2S. The Labute approximate surface area is 141 Å². The largest absolute Gasteiger partial charge is 0.325 e. The van der Waals surface area contributed by atoms with Gasteiger partial charge in [-0.05, 0) is 42.5 Å². The summed E-state index contributed by atoms with van der Waals surface area (Å²) in [5, 5.41) is 0. The van der Waals surface area contributed by atoms with Gasteiger partial charge < -0.3 is 4.57 Å². The van der Waals surface area contributed by atoms with Gasteiger partial charge in [-0.25, -0.2) is 17.8 Å². The minimum atomic E-state index is -3.28. The van der Waals surface area contributed by atoms with Gasteiger partial charge in [0.2, 0.25) is 0 Å². The maximum absolute atomic E-state index is 13.8. The molecule has 0 N–H and O–H groups in total. The second-order valence-electron chi connectivity index (χ2n) is 5.53. The third-order valence-electron chi connectivity index (χ3n) is 3.53. The van der Waals surface area contributed by atoms with Gasteiger partial charge in [-0.1, -0.05) is 0 Å². The van der Waals surface area contributed by atoms with Crippen molar-refractivity contribution in [2.75, 3.05) is 6.26 Å². The molecule has 0 saturated heterocycles. The first kappa shape index (κ1) is 17.0. The topological polar surface area (TPSA) is 52.0 Å². The molecule has 0 atom stereocenters. The number of alkyl halides is 1. The van der Waals surface area contributed by atoms with E-state index in [1.807, 2.05) is 22.6 Å². The lowest BCUT2D eigenvalue weighted by Crippen LogP contribution is -2.36. The summed E-state index contributed by atoms with van der Waals surface area (Å²) in [6.07, 6.45) is 1.19. The summed E-state index contributed by atoms with van der Waals surface area (Å²) < 4.78 is 38.7. The number of hydrogen-bond donors (Lipinski definition) is 0. The fraction of sp³-hybridized carbons (Fsp3) is 0.462. The predicted octanol–water partition coefficient (Wildman–Crippen LogP) is 3.34. The van der Waals surface area contributed by atoms with Crippen molar-refractivity contribution in [2.24, 2.45) is 0 Å². The summed E-state index contributed by atoms with van der Waals surface area (Å²) in [5.41, 5.74) is 1.17. The minimum absolute atomic E-state index is 0.132. The van der Waals surface area contributed by atoms with Crippen molar-refractivity contribution in [1.29, 1.82) is 0 Å².